The van der Waals surface area contributed by atoms with Crippen LogP contribution in [0.4, 0.5) is 10.5 Å². The van der Waals surface area contributed by atoms with Crippen LogP contribution in [0.3, 0.4) is 0 Å². The summed E-state index contributed by atoms with van der Waals surface area (Å²) in [4.78, 5) is 13.2. The van der Waals surface area contributed by atoms with E-state index in [1.54, 1.807) is 12.1 Å². The number of nitrogens with zero attached hydrogens (tertiary/aromatic N) is 3. The van der Waals surface area contributed by atoms with E-state index in [-0.39, 0.29) is 16.3 Å². The zero-order valence-electron chi connectivity index (χ0n) is 14.6. The Labute approximate surface area is 148 Å². The predicted octanol–water partition coefficient (Wildman–Crippen LogP) is 3.23. The number of likely N-dealkylation sites (tertiary alicyclic amines) is 1. The van der Waals surface area contributed by atoms with Crippen molar-refractivity contribution in [3.8, 4) is 5.75 Å². The number of benzene rings is 1. The Kier molecular flexibility index (Phi) is 3.92. The maximum atomic E-state index is 13.2. The first-order valence-electron chi connectivity index (χ1n) is 9.02. The van der Waals surface area contributed by atoms with E-state index in [1.165, 1.54) is 17.7 Å². The molecule has 6 nitrogen and oxygen atoms in total. The number of rotatable bonds is 2. The molecule has 1 aromatic rings. The standard InChI is InChI=1S/C19H24N4O2/c1-21-18-7-3-2-6-15(18)14-22(21)20-19(25)23(12-4-5-13-23)16-8-10-17(24)11-9-16/h7-11,14H,2-6,12-13H2,1H3,(H-,20,24,25)/p+1. The van der Waals surface area contributed by atoms with E-state index in [4.69, 9.17) is 0 Å². The van der Waals surface area contributed by atoms with Crippen LogP contribution in [0.5, 0.6) is 5.75 Å². The average molecular weight is 341 g/mol. The van der Waals surface area contributed by atoms with E-state index in [1.807, 2.05) is 35.5 Å². The molecule has 1 aromatic carbocycles. The van der Waals surface area contributed by atoms with Gasteiger partial charge in [0, 0.05) is 32.0 Å². The number of phenolic OH excluding ortho intramolecular Hbond substituents is 1. The molecule has 25 heavy (non-hydrogen) atoms. The minimum atomic E-state index is -0.0221. The molecule has 0 aromatic heterocycles. The third-order valence-corrected chi connectivity index (χ3v) is 5.54. The zero-order valence-corrected chi connectivity index (χ0v) is 14.6. The number of likely N-dealkylation sites (N-methyl/N-ethyl adjacent to an activating group) is 1. The molecular weight excluding hydrogens is 316 g/mol. The van der Waals surface area contributed by atoms with E-state index in [0.717, 1.165) is 44.5 Å². The van der Waals surface area contributed by atoms with Gasteiger partial charge in [0.1, 0.15) is 11.4 Å². The maximum absolute atomic E-state index is 13.2. The summed E-state index contributed by atoms with van der Waals surface area (Å²) in [6, 6.07) is 7.00. The van der Waals surface area contributed by atoms with Gasteiger partial charge in [-0.3, -0.25) is 5.01 Å². The number of nitrogens with one attached hydrogen (secondary N) is 1. The Hall–Kier alpha value is -2.47. The number of quaternary nitrogens is 1. The number of aromatic hydroxyl groups is 1. The van der Waals surface area contributed by atoms with Gasteiger partial charge in [-0.05, 0) is 37.0 Å². The first-order chi connectivity index (χ1) is 12.1. The lowest BCUT2D eigenvalue weighted by Gasteiger charge is -2.34. The van der Waals surface area contributed by atoms with Crippen LogP contribution in [0.25, 0.3) is 0 Å². The van der Waals surface area contributed by atoms with Crippen molar-refractivity contribution in [2.24, 2.45) is 0 Å². The highest BCUT2D eigenvalue weighted by Gasteiger charge is 2.44. The molecule has 2 N–H and O–H groups in total. The van der Waals surface area contributed by atoms with Gasteiger partial charge in [-0.15, -0.1) is 0 Å². The van der Waals surface area contributed by atoms with Gasteiger partial charge in [-0.2, -0.15) is 10.5 Å². The molecule has 2 amide bonds. The second kappa shape index (κ2) is 6.11. The highest BCUT2D eigenvalue weighted by molar-refractivity contribution is 5.87. The molecule has 6 heteroatoms. The third kappa shape index (κ3) is 2.66. The van der Waals surface area contributed by atoms with Crippen molar-refractivity contribution in [3.63, 3.8) is 0 Å². The van der Waals surface area contributed by atoms with Gasteiger partial charge >= 0.3 is 6.03 Å². The van der Waals surface area contributed by atoms with Crippen molar-refractivity contribution in [2.45, 2.75) is 32.1 Å². The van der Waals surface area contributed by atoms with Crippen LogP contribution in [0, 0.1) is 0 Å². The van der Waals surface area contributed by atoms with E-state index in [2.05, 4.69) is 11.5 Å². The molecule has 0 radical (unpaired) electrons. The number of fused-ring (bicyclic) bond motifs is 1. The number of amides is 2. The van der Waals surface area contributed by atoms with Crippen molar-refractivity contribution in [2.75, 3.05) is 20.1 Å². The summed E-state index contributed by atoms with van der Waals surface area (Å²) in [5.41, 5.74) is 6.51. The fourth-order valence-electron chi connectivity index (χ4n) is 4.10. The van der Waals surface area contributed by atoms with Crippen LogP contribution in [-0.2, 0) is 0 Å². The number of hydrazine groups is 2. The molecule has 0 atom stereocenters. The van der Waals surface area contributed by atoms with Crippen LogP contribution in [0.15, 0.2) is 47.8 Å². The molecule has 132 valence electrons. The van der Waals surface area contributed by atoms with Crippen molar-refractivity contribution >= 4 is 11.7 Å². The van der Waals surface area contributed by atoms with E-state index in [9.17, 15) is 9.90 Å². The number of urea groups is 1. The lowest BCUT2D eigenvalue weighted by Crippen LogP contribution is -2.61. The van der Waals surface area contributed by atoms with Crippen LogP contribution in [0.1, 0.15) is 32.1 Å². The third-order valence-electron chi connectivity index (χ3n) is 5.54. The summed E-state index contributed by atoms with van der Waals surface area (Å²) < 4.78 is 0.285. The van der Waals surface area contributed by atoms with Gasteiger partial charge in [-0.25, -0.2) is 9.28 Å². The Morgan fingerprint density at radius 3 is 2.56 bits per heavy atom. The molecule has 1 aliphatic carbocycles. The topological polar surface area (TPSA) is 55.8 Å². The van der Waals surface area contributed by atoms with Crippen molar-refractivity contribution in [1.82, 2.24) is 20.0 Å². The first-order valence-corrected chi connectivity index (χ1v) is 9.02. The quantitative estimate of drug-likeness (QED) is 0.811. The lowest BCUT2D eigenvalue weighted by molar-refractivity contribution is 0.0576. The van der Waals surface area contributed by atoms with Gasteiger partial charge in [0.05, 0.1) is 25.0 Å². The monoisotopic (exact) mass is 341 g/mol. The predicted molar refractivity (Wildman–Crippen MR) is 97.0 cm³/mol. The summed E-state index contributed by atoms with van der Waals surface area (Å²) in [6.07, 6.45) is 9.63. The largest absolute Gasteiger partial charge is 0.508 e. The smallest absolute Gasteiger partial charge is 0.441 e. The fraction of sp³-hybridized carbons (Fsp3) is 0.421. The second-order valence-electron chi connectivity index (χ2n) is 7.06. The van der Waals surface area contributed by atoms with Crippen LogP contribution in [0.2, 0.25) is 0 Å². The van der Waals surface area contributed by atoms with Crippen LogP contribution < -0.4 is 9.91 Å². The molecule has 0 spiro atoms. The number of hydrogen-bond donors (Lipinski definition) is 2. The Bertz CT molecular complexity index is 732. The zero-order chi connectivity index (χ0) is 17.4. The molecule has 3 aliphatic rings. The molecular formula is C19H25N4O2+. The normalized spacial score (nSPS) is 21.6. The van der Waals surface area contributed by atoms with Gasteiger partial charge in [0.2, 0.25) is 0 Å². The van der Waals surface area contributed by atoms with Crippen LogP contribution in [-0.4, -0.2) is 41.4 Å². The van der Waals surface area contributed by atoms with E-state index < -0.39 is 0 Å². The Balaban J connectivity index is 1.58. The lowest BCUT2D eigenvalue weighted by atomic mass is 10.0. The van der Waals surface area contributed by atoms with Crippen molar-refractivity contribution < 1.29 is 9.90 Å². The molecule has 4 rings (SSSR count). The maximum Gasteiger partial charge on any atom is 0.441 e. The average Bonchev–Trinajstić information content (AvgIpc) is 3.23. The number of hydrogen-bond acceptors (Lipinski definition) is 4. The summed E-state index contributed by atoms with van der Waals surface area (Å²) in [7, 11) is 1.98. The number of carbonyl (C=O) groups excluding carboxylic acids is 1. The van der Waals surface area contributed by atoms with Crippen molar-refractivity contribution in [3.05, 3.63) is 47.8 Å². The van der Waals surface area contributed by atoms with Gasteiger partial charge in [0.25, 0.3) is 0 Å². The van der Waals surface area contributed by atoms with Gasteiger partial charge in [-0.1, -0.05) is 6.08 Å². The number of carbonyl (C=O) groups is 1. The summed E-state index contributed by atoms with van der Waals surface area (Å²) in [5.74, 6) is 0.224. The molecule has 0 saturated carbocycles. The second-order valence-corrected chi connectivity index (χ2v) is 7.06. The fourth-order valence-corrected chi connectivity index (χ4v) is 4.10. The van der Waals surface area contributed by atoms with E-state index in [0.29, 0.717) is 0 Å². The first kappa shape index (κ1) is 16.0. The van der Waals surface area contributed by atoms with Gasteiger partial charge < -0.3 is 5.11 Å². The highest BCUT2D eigenvalue weighted by Crippen LogP contribution is 2.34. The molecule has 2 heterocycles. The van der Waals surface area contributed by atoms with Crippen LogP contribution >= 0.6 is 0 Å². The molecule has 1 fully saturated rings. The Morgan fingerprint density at radius 1 is 1.16 bits per heavy atom. The minimum absolute atomic E-state index is 0.0221. The molecule has 2 aliphatic heterocycles. The van der Waals surface area contributed by atoms with Gasteiger partial charge in [0.15, 0.2) is 0 Å². The molecule has 0 unspecified atom stereocenters. The van der Waals surface area contributed by atoms with E-state index >= 15 is 0 Å². The van der Waals surface area contributed by atoms with Crippen molar-refractivity contribution in [1.29, 1.82) is 0 Å². The number of allylic oxidation sites excluding steroid dienone is 2. The summed E-state index contributed by atoms with van der Waals surface area (Å²) in [6.45, 7) is 1.57. The summed E-state index contributed by atoms with van der Waals surface area (Å²) >= 11 is 0. The highest BCUT2D eigenvalue weighted by atomic mass is 16.3. The SMILES string of the molecule is CN1C2=CCCCC2=CN1NC(=O)[N+]1(c2ccc(O)cc2)CCCC1. The number of phenols is 1. The Morgan fingerprint density at radius 2 is 1.88 bits per heavy atom. The molecule has 0 bridgehead atoms. The minimum Gasteiger partial charge on any atom is -0.508 e. The molecule has 1 saturated heterocycles. The summed E-state index contributed by atoms with van der Waals surface area (Å²) in [5, 5.41) is 13.4.